The maximum Gasteiger partial charge on any atom is 0.125 e. The number of nitrogens with one attached hydrogen (secondary N) is 1. The number of amidine groups is 1. The van der Waals surface area contributed by atoms with Crippen molar-refractivity contribution in [2.24, 2.45) is 5.73 Å². The highest BCUT2D eigenvalue weighted by atomic mass is 19.1. The van der Waals surface area contributed by atoms with Crippen LogP contribution in [0.25, 0.3) is 0 Å². The first kappa shape index (κ1) is 13.4. The molecule has 4 N–H and O–H groups in total. The van der Waals surface area contributed by atoms with Crippen LogP contribution >= 0.6 is 0 Å². The van der Waals surface area contributed by atoms with E-state index in [1.807, 2.05) is 11.9 Å². The van der Waals surface area contributed by atoms with E-state index in [1.165, 1.54) is 12.1 Å². The second-order valence-electron chi connectivity index (χ2n) is 4.13. The summed E-state index contributed by atoms with van der Waals surface area (Å²) >= 11 is 0. The fraction of sp³-hybridized carbons (Fsp3) is 0.417. The Morgan fingerprint density at radius 1 is 1.59 bits per heavy atom. The third-order valence-corrected chi connectivity index (χ3v) is 2.54. The summed E-state index contributed by atoms with van der Waals surface area (Å²) in [5.41, 5.74) is 6.49. The number of nitrogen functional groups attached to an aromatic ring is 1. The molecular formula is C12H18FN3O. The lowest BCUT2D eigenvalue weighted by atomic mass is 10.1. The molecule has 0 aliphatic carbocycles. The largest absolute Gasteiger partial charge is 0.393 e. The van der Waals surface area contributed by atoms with E-state index in [2.05, 4.69) is 0 Å². The molecule has 0 heterocycles. The van der Waals surface area contributed by atoms with E-state index < -0.39 is 11.9 Å². The molecule has 4 nitrogen and oxygen atoms in total. The number of nitrogens with zero attached hydrogens (tertiary/aromatic N) is 1. The predicted octanol–water partition coefficient (Wildman–Crippen LogP) is 1.32. The Morgan fingerprint density at radius 3 is 2.76 bits per heavy atom. The summed E-state index contributed by atoms with van der Waals surface area (Å²) < 4.78 is 13.1. The molecule has 0 aromatic heterocycles. The number of anilines is 1. The molecule has 0 fully saturated rings. The average molecular weight is 239 g/mol. The predicted molar refractivity (Wildman–Crippen MR) is 67.0 cm³/mol. The summed E-state index contributed by atoms with van der Waals surface area (Å²) in [6.45, 7) is 2.33. The van der Waals surface area contributed by atoms with E-state index in [1.54, 1.807) is 13.0 Å². The molecule has 0 radical (unpaired) electrons. The Hall–Kier alpha value is -1.62. The minimum Gasteiger partial charge on any atom is -0.393 e. The van der Waals surface area contributed by atoms with E-state index in [4.69, 9.17) is 11.1 Å². The number of aliphatic hydroxyl groups excluding tert-OH is 1. The maximum absolute atomic E-state index is 13.1. The zero-order chi connectivity index (χ0) is 13.0. The van der Waals surface area contributed by atoms with Crippen LogP contribution in [-0.4, -0.2) is 30.6 Å². The van der Waals surface area contributed by atoms with Crippen LogP contribution in [0.5, 0.6) is 0 Å². The quantitative estimate of drug-likeness (QED) is 0.536. The van der Waals surface area contributed by atoms with E-state index in [0.717, 1.165) is 0 Å². The van der Waals surface area contributed by atoms with Crippen LogP contribution in [0.3, 0.4) is 0 Å². The van der Waals surface area contributed by atoms with Gasteiger partial charge in [0.2, 0.25) is 0 Å². The molecule has 0 bridgehead atoms. The van der Waals surface area contributed by atoms with Crippen molar-refractivity contribution in [3.8, 4) is 0 Å². The normalized spacial score (nSPS) is 12.2. The van der Waals surface area contributed by atoms with Gasteiger partial charge in [0.25, 0.3) is 0 Å². The van der Waals surface area contributed by atoms with Gasteiger partial charge in [-0.15, -0.1) is 0 Å². The van der Waals surface area contributed by atoms with Crippen LogP contribution < -0.4 is 10.6 Å². The monoisotopic (exact) mass is 239 g/mol. The number of hydrogen-bond acceptors (Lipinski definition) is 3. The number of rotatable bonds is 5. The Balaban J connectivity index is 2.92. The lowest BCUT2D eigenvalue weighted by Crippen LogP contribution is -2.25. The first-order valence-electron chi connectivity index (χ1n) is 5.45. The van der Waals surface area contributed by atoms with Crippen LogP contribution in [0.1, 0.15) is 18.9 Å². The van der Waals surface area contributed by atoms with Crippen molar-refractivity contribution >= 4 is 11.5 Å². The molecule has 94 valence electrons. The van der Waals surface area contributed by atoms with Crippen LogP contribution in [-0.2, 0) is 0 Å². The molecule has 1 aromatic carbocycles. The topological polar surface area (TPSA) is 73.3 Å². The lowest BCUT2D eigenvalue weighted by molar-refractivity contribution is 0.187. The Morgan fingerprint density at radius 2 is 2.24 bits per heavy atom. The molecule has 0 aliphatic rings. The molecule has 17 heavy (non-hydrogen) atoms. The van der Waals surface area contributed by atoms with Gasteiger partial charge in [-0.2, -0.15) is 0 Å². The number of benzene rings is 1. The van der Waals surface area contributed by atoms with E-state index in [-0.39, 0.29) is 5.84 Å². The first-order valence-corrected chi connectivity index (χ1v) is 5.45. The molecule has 0 aliphatic heterocycles. The van der Waals surface area contributed by atoms with Crippen molar-refractivity contribution < 1.29 is 9.50 Å². The van der Waals surface area contributed by atoms with Gasteiger partial charge in [0.1, 0.15) is 11.7 Å². The highest BCUT2D eigenvalue weighted by Gasteiger charge is 2.11. The second kappa shape index (κ2) is 5.63. The molecule has 0 saturated heterocycles. The van der Waals surface area contributed by atoms with E-state index in [0.29, 0.717) is 24.2 Å². The minimum atomic E-state index is -0.414. The lowest BCUT2D eigenvalue weighted by Gasteiger charge is -2.22. The number of nitrogens with two attached hydrogens (primary N) is 1. The van der Waals surface area contributed by atoms with Crippen molar-refractivity contribution in [3.63, 3.8) is 0 Å². The summed E-state index contributed by atoms with van der Waals surface area (Å²) in [6, 6.07) is 4.17. The summed E-state index contributed by atoms with van der Waals surface area (Å²) in [5, 5.41) is 16.6. The first-order chi connectivity index (χ1) is 7.91. The van der Waals surface area contributed by atoms with Crippen molar-refractivity contribution in [1.29, 1.82) is 5.41 Å². The van der Waals surface area contributed by atoms with Gasteiger partial charge in [-0.3, -0.25) is 5.41 Å². The standard InChI is InChI=1S/C12H18FN3O/c1-8(17)5-6-16(2)11-4-3-9(13)7-10(11)12(14)15/h3-4,7-8,17H,5-6H2,1-2H3,(H3,14,15). The van der Waals surface area contributed by atoms with Gasteiger partial charge in [0.05, 0.1) is 6.10 Å². The summed E-state index contributed by atoms with van der Waals surface area (Å²) in [4.78, 5) is 1.85. The van der Waals surface area contributed by atoms with Crippen LogP contribution in [0.15, 0.2) is 18.2 Å². The van der Waals surface area contributed by atoms with Gasteiger partial charge in [-0.1, -0.05) is 0 Å². The zero-order valence-electron chi connectivity index (χ0n) is 10.1. The zero-order valence-corrected chi connectivity index (χ0v) is 10.1. The van der Waals surface area contributed by atoms with Crippen molar-refractivity contribution in [3.05, 3.63) is 29.6 Å². The second-order valence-corrected chi connectivity index (χ2v) is 4.13. The van der Waals surface area contributed by atoms with Gasteiger partial charge < -0.3 is 15.7 Å². The molecule has 0 amide bonds. The fourth-order valence-corrected chi connectivity index (χ4v) is 1.56. The number of aliphatic hydroxyl groups is 1. The molecule has 0 saturated carbocycles. The number of halogens is 1. The van der Waals surface area contributed by atoms with Gasteiger partial charge in [-0.05, 0) is 31.5 Å². The Bertz CT molecular complexity index is 407. The van der Waals surface area contributed by atoms with E-state index >= 15 is 0 Å². The van der Waals surface area contributed by atoms with Crippen LogP contribution in [0.2, 0.25) is 0 Å². The van der Waals surface area contributed by atoms with Gasteiger partial charge in [0.15, 0.2) is 0 Å². The molecule has 1 aromatic rings. The van der Waals surface area contributed by atoms with Gasteiger partial charge >= 0.3 is 0 Å². The van der Waals surface area contributed by atoms with Crippen LogP contribution in [0, 0.1) is 11.2 Å². The molecular weight excluding hydrogens is 221 g/mol. The molecule has 1 atom stereocenters. The van der Waals surface area contributed by atoms with E-state index in [9.17, 15) is 9.50 Å². The highest BCUT2D eigenvalue weighted by Crippen LogP contribution is 2.20. The molecule has 1 rings (SSSR count). The molecule has 0 spiro atoms. The van der Waals surface area contributed by atoms with Crippen molar-refractivity contribution in [2.75, 3.05) is 18.5 Å². The third-order valence-electron chi connectivity index (χ3n) is 2.54. The average Bonchev–Trinajstić information content (AvgIpc) is 2.25. The van der Waals surface area contributed by atoms with Crippen molar-refractivity contribution in [2.45, 2.75) is 19.4 Å². The van der Waals surface area contributed by atoms with Gasteiger partial charge in [0, 0.05) is 24.8 Å². The summed E-state index contributed by atoms with van der Waals surface area (Å²) in [6.07, 6.45) is 0.212. The number of hydrogen-bond donors (Lipinski definition) is 3. The maximum atomic E-state index is 13.1. The van der Waals surface area contributed by atoms with Gasteiger partial charge in [-0.25, -0.2) is 4.39 Å². The molecule has 1 unspecified atom stereocenters. The highest BCUT2D eigenvalue weighted by molar-refractivity contribution is 6.00. The summed E-state index contributed by atoms with van der Waals surface area (Å²) in [7, 11) is 1.82. The molecule has 5 heteroatoms. The minimum absolute atomic E-state index is 0.164. The fourth-order valence-electron chi connectivity index (χ4n) is 1.56. The van der Waals surface area contributed by atoms with Crippen molar-refractivity contribution in [1.82, 2.24) is 0 Å². The van der Waals surface area contributed by atoms with Crippen LogP contribution in [0.4, 0.5) is 10.1 Å². The third kappa shape index (κ3) is 3.71. The smallest absolute Gasteiger partial charge is 0.125 e. The summed E-state index contributed by atoms with van der Waals surface area (Å²) in [5.74, 6) is -0.578. The Kier molecular flexibility index (Phi) is 4.45. The Labute approximate surface area is 100 Å². The SMILES string of the molecule is CC(O)CCN(C)c1ccc(F)cc1C(=N)N.